The molecule has 0 fully saturated rings. The summed E-state index contributed by atoms with van der Waals surface area (Å²) in [5.74, 6) is -0.714. The second kappa shape index (κ2) is 6.06. The standard InChI is InChI=1S/C11H11NO5S.Na.H/c1-7-4-11(13)17-10-5-8(2-3-9(7)10)12-6-18(14,15)16;;/h2-5,12H,6H2,1H3,(H,14,15,16);;/q;+1;-1/p-1. The first-order valence-corrected chi connectivity index (χ1v) is 6.65. The minimum atomic E-state index is -4.35. The quantitative estimate of drug-likeness (QED) is 0.404. The van der Waals surface area contributed by atoms with Crippen LogP contribution in [0.15, 0.2) is 33.5 Å². The minimum Gasteiger partial charge on any atom is -1.00 e. The monoisotopic (exact) mass is 292 g/mol. The third kappa shape index (κ3) is 4.32. The summed E-state index contributed by atoms with van der Waals surface area (Å²) >= 11 is 0. The molecule has 0 saturated carbocycles. The van der Waals surface area contributed by atoms with Gasteiger partial charge >= 0.3 is 35.2 Å². The van der Waals surface area contributed by atoms with Crippen molar-refractivity contribution >= 4 is 26.8 Å². The Labute approximate surface area is 133 Å². The molecule has 1 aromatic carbocycles. The van der Waals surface area contributed by atoms with Gasteiger partial charge in [-0.25, -0.2) is 13.2 Å². The van der Waals surface area contributed by atoms with E-state index in [1.54, 1.807) is 19.1 Å². The average molecular weight is 292 g/mol. The first kappa shape index (κ1) is 16.2. The molecule has 98 valence electrons. The smallest absolute Gasteiger partial charge is 1.00 e. The van der Waals surface area contributed by atoms with Crippen LogP contribution >= 0.6 is 0 Å². The fourth-order valence-electron chi connectivity index (χ4n) is 1.61. The Morgan fingerprint density at radius 1 is 1.37 bits per heavy atom. The summed E-state index contributed by atoms with van der Waals surface area (Å²) in [5.41, 5.74) is 1.03. The Morgan fingerprint density at radius 3 is 2.68 bits per heavy atom. The van der Waals surface area contributed by atoms with Crippen LogP contribution < -0.4 is 40.5 Å². The van der Waals surface area contributed by atoms with E-state index in [0.717, 1.165) is 10.9 Å². The van der Waals surface area contributed by atoms with Crippen LogP contribution in [-0.2, 0) is 10.1 Å². The van der Waals surface area contributed by atoms with Crippen molar-refractivity contribution in [2.45, 2.75) is 6.92 Å². The third-order valence-electron chi connectivity index (χ3n) is 2.40. The normalized spacial score (nSPS) is 11.1. The summed E-state index contributed by atoms with van der Waals surface area (Å²) < 4.78 is 36.4. The van der Waals surface area contributed by atoms with E-state index in [0.29, 0.717) is 11.3 Å². The SMILES string of the molecule is Cc1cc(=O)oc2cc(NCS(=O)(=O)[O-])ccc12.[H-].[Na+]. The Morgan fingerprint density at radius 2 is 2.05 bits per heavy atom. The predicted molar refractivity (Wildman–Crippen MR) is 66.5 cm³/mol. The molecule has 0 atom stereocenters. The second-order valence-corrected chi connectivity index (χ2v) is 5.24. The molecule has 2 aromatic rings. The molecular formula is C11H11NNaO5S-. The zero-order valence-electron chi connectivity index (χ0n) is 11.5. The van der Waals surface area contributed by atoms with E-state index in [9.17, 15) is 17.8 Å². The van der Waals surface area contributed by atoms with E-state index in [2.05, 4.69) is 5.32 Å². The van der Waals surface area contributed by atoms with E-state index in [1.807, 2.05) is 0 Å². The van der Waals surface area contributed by atoms with Crippen molar-refractivity contribution in [2.24, 2.45) is 0 Å². The van der Waals surface area contributed by atoms with Crippen LogP contribution in [0.5, 0.6) is 0 Å². The third-order valence-corrected chi connectivity index (χ3v) is 2.90. The Hall–Kier alpha value is -0.860. The number of fused-ring (bicyclic) bond motifs is 1. The molecule has 0 spiro atoms. The van der Waals surface area contributed by atoms with Gasteiger partial charge in [0.25, 0.3) is 0 Å². The molecule has 1 heterocycles. The number of nitrogens with one attached hydrogen (secondary N) is 1. The summed E-state index contributed by atoms with van der Waals surface area (Å²) in [5, 5.41) is 3.21. The van der Waals surface area contributed by atoms with Crippen LogP contribution in [0.25, 0.3) is 11.0 Å². The van der Waals surface area contributed by atoms with Gasteiger partial charge < -0.3 is 15.7 Å². The summed E-state index contributed by atoms with van der Waals surface area (Å²) in [6, 6.07) is 6.15. The number of anilines is 1. The van der Waals surface area contributed by atoms with E-state index in [1.165, 1.54) is 12.1 Å². The van der Waals surface area contributed by atoms with Crippen molar-refractivity contribution in [3.05, 3.63) is 40.2 Å². The molecule has 0 aliphatic rings. The van der Waals surface area contributed by atoms with Crippen molar-refractivity contribution in [1.82, 2.24) is 0 Å². The summed E-state index contributed by atoms with van der Waals surface area (Å²) in [4.78, 5) is 11.2. The van der Waals surface area contributed by atoms with Crippen molar-refractivity contribution in [3.8, 4) is 0 Å². The molecule has 0 aliphatic heterocycles. The molecule has 1 N–H and O–H groups in total. The topological polar surface area (TPSA) is 99.4 Å². The van der Waals surface area contributed by atoms with E-state index in [-0.39, 0.29) is 31.0 Å². The van der Waals surface area contributed by atoms with Crippen LogP contribution in [-0.4, -0.2) is 18.8 Å². The number of hydrogen-bond acceptors (Lipinski definition) is 6. The summed E-state index contributed by atoms with van der Waals surface area (Å²) in [6.07, 6.45) is 0. The second-order valence-electron chi connectivity index (χ2n) is 3.84. The van der Waals surface area contributed by atoms with Crippen molar-refractivity contribution in [2.75, 3.05) is 11.2 Å². The van der Waals surface area contributed by atoms with Gasteiger partial charge in [-0.3, -0.25) is 0 Å². The van der Waals surface area contributed by atoms with Gasteiger partial charge in [0.1, 0.15) is 21.6 Å². The van der Waals surface area contributed by atoms with E-state index >= 15 is 0 Å². The van der Waals surface area contributed by atoms with Crippen LogP contribution in [0.3, 0.4) is 0 Å². The van der Waals surface area contributed by atoms with Gasteiger partial charge in [-0.05, 0) is 24.6 Å². The minimum absolute atomic E-state index is 0. The van der Waals surface area contributed by atoms with Gasteiger partial charge in [0.15, 0.2) is 0 Å². The molecule has 2 rings (SSSR count). The first-order valence-electron chi connectivity index (χ1n) is 5.07. The zero-order chi connectivity index (χ0) is 13.3. The predicted octanol–water partition coefficient (Wildman–Crippen LogP) is -1.87. The maximum atomic E-state index is 11.2. The fourth-order valence-corrected chi connectivity index (χ4v) is 1.95. The molecule has 6 nitrogen and oxygen atoms in total. The molecule has 0 bridgehead atoms. The molecule has 19 heavy (non-hydrogen) atoms. The van der Waals surface area contributed by atoms with Gasteiger partial charge in [-0.1, -0.05) is 0 Å². The largest absolute Gasteiger partial charge is 1.00 e. The molecule has 1 aromatic heterocycles. The van der Waals surface area contributed by atoms with Gasteiger partial charge in [0.05, 0.1) is 0 Å². The molecule has 8 heteroatoms. The number of hydrogen-bond donors (Lipinski definition) is 1. The Kier molecular flexibility index (Phi) is 5.17. The van der Waals surface area contributed by atoms with E-state index < -0.39 is 21.6 Å². The zero-order valence-corrected chi connectivity index (χ0v) is 13.3. The maximum Gasteiger partial charge on any atom is 1.00 e. The molecule has 0 radical (unpaired) electrons. The fraction of sp³-hybridized carbons (Fsp3) is 0.182. The first-order chi connectivity index (χ1) is 8.35. The van der Waals surface area contributed by atoms with Gasteiger partial charge in [0, 0.05) is 23.2 Å². The van der Waals surface area contributed by atoms with Crippen LogP contribution in [0.1, 0.15) is 6.99 Å². The Balaban J connectivity index is 0.00000180. The number of rotatable bonds is 3. The molecule has 0 saturated heterocycles. The summed E-state index contributed by atoms with van der Waals surface area (Å²) in [6.45, 7) is 1.77. The van der Waals surface area contributed by atoms with Crippen molar-refractivity contribution < 1.29 is 48.4 Å². The molecule has 0 unspecified atom stereocenters. The Bertz CT molecular complexity index is 759. The number of aryl methyl sites for hydroxylation is 1. The average Bonchev–Trinajstić information content (AvgIpc) is 2.24. The molecule has 0 amide bonds. The van der Waals surface area contributed by atoms with Gasteiger partial charge in [0.2, 0.25) is 0 Å². The molecular weight excluding hydrogens is 281 g/mol. The number of benzene rings is 1. The summed E-state index contributed by atoms with van der Waals surface area (Å²) in [7, 11) is -4.35. The van der Waals surface area contributed by atoms with E-state index in [4.69, 9.17) is 4.42 Å². The van der Waals surface area contributed by atoms with Crippen molar-refractivity contribution in [1.29, 1.82) is 0 Å². The van der Waals surface area contributed by atoms with Gasteiger partial charge in [-0.2, -0.15) is 0 Å². The maximum absolute atomic E-state index is 11.2. The van der Waals surface area contributed by atoms with Gasteiger partial charge in [-0.15, -0.1) is 0 Å². The van der Waals surface area contributed by atoms with Crippen LogP contribution in [0.2, 0.25) is 0 Å². The van der Waals surface area contributed by atoms with Crippen LogP contribution in [0.4, 0.5) is 5.69 Å². The van der Waals surface area contributed by atoms with Crippen LogP contribution in [0, 0.1) is 6.92 Å². The molecule has 0 aliphatic carbocycles. The van der Waals surface area contributed by atoms with Crippen molar-refractivity contribution in [3.63, 3.8) is 0 Å².